The third-order valence-corrected chi connectivity index (χ3v) is 5.75. The molecule has 0 amide bonds. The summed E-state index contributed by atoms with van der Waals surface area (Å²) in [5.41, 5.74) is 3.69. The molecule has 1 aliphatic heterocycles. The number of aryl methyl sites for hydroxylation is 1. The van der Waals surface area contributed by atoms with Crippen LogP contribution in [0.25, 0.3) is 0 Å². The molecule has 152 valence electrons. The van der Waals surface area contributed by atoms with Gasteiger partial charge in [0.1, 0.15) is 0 Å². The SMILES string of the molecule is CN=C(NCc1ccccc1C)NCC1(c2ccccc2Cl)CCOCC1.I. The fraction of sp³-hybridized carbons (Fsp3) is 0.409. The van der Waals surface area contributed by atoms with Crippen molar-refractivity contribution in [2.45, 2.75) is 31.7 Å². The number of aliphatic imine (C=N–C) groups is 1. The molecule has 2 N–H and O–H groups in total. The summed E-state index contributed by atoms with van der Waals surface area (Å²) in [6, 6.07) is 16.5. The van der Waals surface area contributed by atoms with Gasteiger partial charge in [-0.05, 0) is 42.5 Å². The zero-order chi connectivity index (χ0) is 19.1. The fourth-order valence-electron chi connectivity index (χ4n) is 3.66. The molecule has 1 heterocycles. The van der Waals surface area contributed by atoms with Crippen LogP contribution in [0, 0.1) is 6.92 Å². The molecule has 28 heavy (non-hydrogen) atoms. The summed E-state index contributed by atoms with van der Waals surface area (Å²) in [4.78, 5) is 4.39. The van der Waals surface area contributed by atoms with Crippen LogP contribution in [0.15, 0.2) is 53.5 Å². The van der Waals surface area contributed by atoms with Crippen LogP contribution in [-0.2, 0) is 16.7 Å². The molecule has 1 saturated heterocycles. The quantitative estimate of drug-likeness (QED) is 0.347. The Labute approximate surface area is 190 Å². The van der Waals surface area contributed by atoms with Gasteiger partial charge in [0.25, 0.3) is 0 Å². The Hall–Kier alpha value is -1.31. The van der Waals surface area contributed by atoms with Gasteiger partial charge < -0.3 is 15.4 Å². The first-order chi connectivity index (χ1) is 13.1. The average Bonchev–Trinajstić information content (AvgIpc) is 2.70. The Bertz CT molecular complexity index is 791. The minimum atomic E-state index is -0.0448. The Morgan fingerprint density at radius 1 is 1.07 bits per heavy atom. The topological polar surface area (TPSA) is 45.7 Å². The van der Waals surface area contributed by atoms with Crippen LogP contribution < -0.4 is 10.6 Å². The monoisotopic (exact) mass is 513 g/mol. The second kappa shape index (κ2) is 11.0. The number of rotatable bonds is 5. The molecular formula is C22H29ClIN3O. The Kier molecular flexibility index (Phi) is 9.05. The lowest BCUT2D eigenvalue weighted by Crippen LogP contribution is -2.48. The van der Waals surface area contributed by atoms with Crippen LogP contribution >= 0.6 is 35.6 Å². The van der Waals surface area contributed by atoms with Crippen LogP contribution in [0.5, 0.6) is 0 Å². The molecule has 0 saturated carbocycles. The lowest BCUT2D eigenvalue weighted by atomic mass is 9.74. The van der Waals surface area contributed by atoms with Crippen LogP contribution in [0.2, 0.25) is 5.02 Å². The van der Waals surface area contributed by atoms with Gasteiger partial charge in [0.15, 0.2) is 5.96 Å². The van der Waals surface area contributed by atoms with Crippen molar-refractivity contribution in [2.75, 3.05) is 26.8 Å². The fourth-order valence-corrected chi connectivity index (χ4v) is 3.99. The smallest absolute Gasteiger partial charge is 0.191 e. The molecule has 1 aliphatic rings. The van der Waals surface area contributed by atoms with Crippen molar-refractivity contribution in [2.24, 2.45) is 4.99 Å². The summed E-state index contributed by atoms with van der Waals surface area (Å²) in [6.07, 6.45) is 1.89. The summed E-state index contributed by atoms with van der Waals surface area (Å²) < 4.78 is 5.62. The third kappa shape index (κ3) is 5.61. The van der Waals surface area contributed by atoms with E-state index in [-0.39, 0.29) is 29.4 Å². The van der Waals surface area contributed by atoms with Crippen LogP contribution in [0.1, 0.15) is 29.5 Å². The highest BCUT2D eigenvalue weighted by atomic mass is 127. The Balaban J connectivity index is 0.00000280. The standard InChI is InChI=1S/C22H28ClN3O.HI/c1-17-7-3-4-8-18(17)15-25-21(24-2)26-16-22(11-13-27-14-12-22)19-9-5-6-10-20(19)23;/h3-10H,11-16H2,1-2H3,(H2,24,25,26);1H. The molecule has 2 aromatic rings. The molecule has 6 heteroatoms. The highest BCUT2D eigenvalue weighted by Gasteiger charge is 2.36. The summed E-state index contributed by atoms with van der Waals surface area (Å²) in [5, 5.41) is 7.77. The summed E-state index contributed by atoms with van der Waals surface area (Å²) in [7, 11) is 1.80. The number of guanidine groups is 1. The largest absolute Gasteiger partial charge is 0.381 e. The summed E-state index contributed by atoms with van der Waals surface area (Å²) in [5.74, 6) is 0.802. The van der Waals surface area contributed by atoms with Gasteiger partial charge in [0, 0.05) is 43.8 Å². The van der Waals surface area contributed by atoms with Crippen LogP contribution in [0.3, 0.4) is 0 Å². The number of hydrogen-bond donors (Lipinski definition) is 2. The van der Waals surface area contributed by atoms with Gasteiger partial charge in [0.2, 0.25) is 0 Å². The van der Waals surface area contributed by atoms with Gasteiger partial charge in [0.05, 0.1) is 0 Å². The molecule has 1 fully saturated rings. The van der Waals surface area contributed by atoms with E-state index < -0.39 is 0 Å². The number of nitrogens with one attached hydrogen (secondary N) is 2. The van der Waals surface area contributed by atoms with E-state index in [4.69, 9.17) is 16.3 Å². The summed E-state index contributed by atoms with van der Waals surface area (Å²) >= 11 is 6.54. The molecule has 0 aliphatic carbocycles. The van der Waals surface area contributed by atoms with Crippen LogP contribution in [0.4, 0.5) is 0 Å². The maximum absolute atomic E-state index is 6.54. The lowest BCUT2D eigenvalue weighted by molar-refractivity contribution is 0.0514. The number of benzene rings is 2. The van der Waals surface area contributed by atoms with Crippen molar-refractivity contribution >= 4 is 41.5 Å². The number of nitrogens with zero attached hydrogens (tertiary/aromatic N) is 1. The van der Waals surface area contributed by atoms with Crippen molar-refractivity contribution < 1.29 is 4.74 Å². The van der Waals surface area contributed by atoms with Crippen molar-refractivity contribution in [3.05, 3.63) is 70.2 Å². The Morgan fingerprint density at radius 2 is 1.75 bits per heavy atom. The first-order valence-corrected chi connectivity index (χ1v) is 9.84. The first kappa shape index (κ1) is 23.0. The normalized spacial score (nSPS) is 16.2. The second-order valence-corrected chi connectivity index (χ2v) is 7.49. The molecule has 3 rings (SSSR count). The van der Waals surface area contributed by atoms with Gasteiger partial charge in [-0.15, -0.1) is 24.0 Å². The highest BCUT2D eigenvalue weighted by Crippen LogP contribution is 2.38. The molecule has 0 atom stereocenters. The van der Waals surface area contributed by atoms with E-state index in [9.17, 15) is 0 Å². The molecular weight excluding hydrogens is 485 g/mol. The van der Waals surface area contributed by atoms with Gasteiger partial charge in [-0.2, -0.15) is 0 Å². The van der Waals surface area contributed by atoms with E-state index in [1.807, 2.05) is 12.1 Å². The maximum Gasteiger partial charge on any atom is 0.191 e. The molecule has 0 radical (unpaired) electrons. The van der Waals surface area contributed by atoms with E-state index in [2.05, 4.69) is 58.9 Å². The molecule has 0 unspecified atom stereocenters. The predicted molar refractivity (Wildman–Crippen MR) is 128 cm³/mol. The van der Waals surface area contributed by atoms with Gasteiger partial charge in [-0.25, -0.2) is 0 Å². The van der Waals surface area contributed by atoms with E-state index in [1.165, 1.54) is 16.7 Å². The second-order valence-electron chi connectivity index (χ2n) is 7.08. The van der Waals surface area contributed by atoms with Gasteiger partial charge in [-0.3, -0.25) is 4.99 Å². The average molecular weight is 514 g/mol. The van der Waals surface area contributed by atoms with Crippen molar-refractivity contribution in [1.29, 1.82) is 0 Å². The third-order valence-electron chi connectivity index (χ3n) is 5.42. The summed E-state index contributed by atoms with van der Waals surface area (Å²) in [6.45, 7) is 5.15. The van der Waals surface area contributed by atoms with Crippen molar-refractivity contribution in [3.63, 3.8) is 0 Å². The molecule has 0 bridgehead atoms. The zero-order valence-electron chi connectivity index (χ0n) is 16.5. The van der Waals surface area contributed by atoms with Gasteiger partial charge >= 0.3 is 0 Å². The number of ether oxygens (including phenoxy) is 1. The zero-order valence-corrected chi connectivity index (χ0v) is 19.6. The minimum absolute atomic E-state index is 0. The number of hydrogen-bond acceptors (Lipinski definition) is 2. The molecule has 4 nitrogen and oxygen atoms in total. The van der Waals surface area contributed by atoms with E-state index in [1.54, 1.807) is 7.05 Å². The van der Waals surface area contributed by atoms with E-state index >= 15 is 0 Å². The van der Waals surface area contributed by atoms with Crippen molar-refractivity contribution in [1.82, 2.24) is 10.6 Å². The molecule has 2 aromatic carbocycles. The predicted octanol–water partition coefficient (Wildman–Crippen LogP) is 4.68. The van der Waals surface area contributed by atoms with Crippen molar-refractivity contribution in [3.8, 4) is 0 Å². The maximum atomic E-state index is 6.54. The highest BCUT2D eigenvalue weighted by molar-refractivity contribution is 14.0. The van der Waals surface area contributed by atoms with Crippen LogP contribution in [-0.4, -0.2) is 32.8 Å². The minimum Gasteiger partial charge on any atom is -0.381 e. The molecule has 0 spiro atoms. The first-order valence-electron chi connectivity index (χ1n) is 9.46. The van der Waals surface area contributed by atoms with Gasteiger partial charge in [-0.1, -0.05) is 54.1 Å². The number of halogens is 2. The van der Waals surface area contributed by atoms with E-state index in [0.717, 1.165) is 50.1 Å². The molecule has 0 aromatic heterocycles. The lowest BCUT2D eigenvalue weighted by Gasteiger charge is -2.38. The Morgan fingerprint density at radius 3 is 2.43 bits per heavy atom. The van der Waals surface area contributed by atoms with E-state index in [0.29, 0.717) is 0 Å².